The van der Waals surface area contributed by atoms with E-state index in [1.54, 1.807) is 16.7 Å². The van der Waals surface area contributed by atoms with Crippen LogP contribution in [0.2, 0.25) is 0 Å². The Hall–Kier alpha value is -0.710. The number of carbonyl (C=O) groups excluding carboxylic acids is 2. The third kappa shape index (κ3) is 2.70. The van der Waals surface area contributed by atoms with E-state index in [1.807, 2.05) is 4.90 Å². The van der Waals surface area contributed by atoms with Crippen molar-refractivity contribution >= 4 is 24.1 Å². The highest BCUT2D eigenvalue weighted by atomic mass is 32.2. The van der Waals surface area contributed by atoms with E-state index in [9.17, 15) is 9.59 Å². The largest absolute Gasteiger partial charge is 0.343 e. The fourth-order valence-corrected chi connectivity index (χ4v) is 3.45. The van der Waals surface area contributed by atoms with Crippen LogP contribution in [0.5, 0.6) is 0 Å². The Morgan fingerprint density at radius 2 is 1.94 bits per heavy atom. The fraction of sp³-hybridized carbons (Fsp3) is 0.818. The topological polar surface area (TPSA) is 40.6 Å². The van der Waals surface area contributed by atoms with E-state index in [2.05, 4.69) is 0 Å². The molecule has 16 heavy (non-hydrogen) atoms. The van der Waals surface area contributed by atoms with E-state index in [4.69, 9.17) is 0 Å². The van der Waals surface area contributed by atoms with Gasteiger partial charge in [-0.25, -0.2) is 0 Å². The van der Waals surface area contributed by atoms with Crippen LogP contribution in [0.15, 0.2) is 0 Å². The first-order valence-corrected chi connectivity index (χ1v) is 6.96. The Morgan fingerprint density at radius 1 is 1.19 bits per heavy atom. The summed E-state index contributed by atoms with van der Waals surface area (Å²) in [6.07, 6.45) is 4.35. The van der Waals surface area contributed by atoms with Crippen LogP contribution in [0, 0.1) is 0 Å². The van der Waals surface area contributed by atoms with Gasteiger partial charge in [0.05, 0.1) is 0 Å². The number of piperidine rings is 1. The zero-order valence-corrected chi connectivity index (χ0v) is 10.2. The number of likely N-dealkylation sites (tertiary alicyclic amines) is 1. The molecule has 2 amide bonds. The summed E-state index contributed by atoms with van der Waals surface area (Å²) < 4.78 is 0. The first kappa shape index (κ1) is 11.8. The number of carbonyl (C=O) groups is 2. The van der Waals surface area contributed by atoms with Gasteiger partial charge in [-0.3, -0.25) is 9.59 Å². The first-order chi connectivity index (χ1) is 7.81. The summed E-state index contributed by atoms with van der Waals surface area (Å²) in [6, 6.07) is 0. The van der Waals surface area contributed by atoms with E-state index < -0.39 is 0 Å². The fourth-order valence-electron chi connectivity index (χ4n) is 2.23. The monoisotopic (exact) mass is 242 g/mol. The predicted molar refractivity (Wildman–Crippen MR) is 64.3 cm³/mol. The second kappa shape index (κ2) is 5.57. The van der Waals surface area contributed by atoms with Crippen LogP contribution in [-0.4, -0.2) is 59.3 Å². The van der Waals surface area contributed by atoms with Crippen LogP contribution in [0.25, 0.3) is 0 Å². The van der Waals surface area contributed by atoms with E-state index in [0.717, 1.165) is 44.6 Å². The van der Waals surface area contributed by atoms with Gasteiger partial charge in [-0.1, -0.05) is 0 Å². The standard InChI is InChI=1S/C11H18N2O2S/c14-9-12-6-7-16-10(8-12)11(15)13-4-2-1-3-5-13/h9-10H,1-8H2. The van der Waals surface area contributed by atoms with Crippen LogP contribution >= 0.6 is 11.8 Å². The highest BCUT2D eigenvalue weighted by Crippen LogP contribution is 2.21. The van der Waals surface area contributed by atoms with E-state index in [0.29, 0.717) is 6.54 Å². The second-order valence-corrected chi connectivity index (χ2v) is 5.66. The molecule has 5 heteroatoms. The van der Waals surface area contributed by atoms with Gasteiger partial charge in [0.1, 0.15) is 5.25 Å². The molecule has 2 rings (SSSR count). The molecule has 1 atom stereocenters. The molecule has 0 N–H and O–H groups in total. The summed E-state index contributed by atoms with van der Waals surface area (Å²) in [5, 5.41) is -0.0305. The van der Waals surface area contributed by atoms with Crippen LogP contribution in [-0.2, 0) is 9.59 Å². The van der Waals surface area contributed by atoms with Gasteiger partial charge in [0, 0.05) is 31.9 Å². The smallest absolute Gasteiger partial charge is 0.237 e. The number of hydrogen-bond acceptors (Lipinski definition) is 3. The van der Waals surface area contributed by atoms with E-state index in [-0.39, 0.29) is 11.2 Å². The lowest BCUT2D eigenvalue weighted by Gasteiger charge is -2.34. The van der Waals surface area contributed by atoms with Gasteiger partial charge in [0.2, 0.25) is 12.3 Å². The van der Waals surface area contributed by atoms with Crippen molar-refractivity contribution in [2.75, 3.05) is 31.9 Å². The van der Waals surface area contributed by atoms with Crippen molar-refractivity contribution in [1.29, 1.82) is 0 Å². The van der Waals surface area contributed by atoms with Crippen molar-refractivity contribution in [2.45, 2.75) is 24.5 Å². The zero-order valence-electron chi connectivity index (χ0n) is 9.43. The summed E-state index contributed by atoms with van der Waals surface area (Å²) in [5.74, 6) is 1.11. The van der Waals surface area contributed by atoms with Gasteiger partial charge in [0.15, 0.2) is 0 Å². The summed E-state index contributed by atoms with van der Waals surface area (Å²) in [4.78, 5) is 26.6. The van der Waals surface area contributed by atoms with Gasteiger partial charge in [-0.05, 0) is 19.3 Å². The predicted octanol–water partition coefficient (Wildman–Crippen LogP) is 0.573. The maximum absolute atomic E-state index is 12.2. The molecule has 0 bridgehead atoms. The van der Waals surface area contributed by atoms with E-state index >= 15 is 0 Å². The first-order valence-electron chi connectivity index (χ1n) is 5.91. The maximum Gasteiger partial charge on any atom is 0.237 e. The molecular weight excluding hydrogens is 224 g/mol. The number of hydrogen-bond donors (Lipinski definition) is 0. The molecule has 0 radical (unpaired) electrons. The van der Waals surface area contributed by atoms with Crippen molar-refractivity contribution in [3.63, 3.8) is 0 Å². The maximum atomic E-state index is 12.2. The van der Waals surface area contributed by atoms with Crippen molar-refractivity contribution in [1.82, 2.24) is 9.80 Å². The number of rotatable bonds is 2. The van der Waals surface area contributed by atoms with Crippen molar-refractivity contribution in [3.05, 3.63) is 0 Å². The number of amides is 2. The van der Waals surface area contributed by atoms with E-state index in [1.165, 1.54) is 6.42 Å². The van der Waals surface area contributed by atoms with Gasteiger partial charge >= 0.3 is 0 Å². The lowest BCUT2D eigenvalue weighted by atomic mass is 10.1. The number of nitrogens with zero attached hydrogens (tertiary/aromatic N) is 2. The minimum atomic E-state index is -0.0305. The van der Waals surface area contributed by atoms with Gasteiger partial charge < -0.3 is 9.80 Å². The lowest BCUT2D eigenvalue weighted by molar-refractivity contribution is -0.132. The molecule has 2 saturated heterocycles. The molecule has 2 aliphatic rings. The quantitative estimate of drug-likeness (QED) is 0.665. The van der Waals surface area contributed by atoms with Gasteiger partial charge in [-0.15, -0.1) is 11.8 Å². The average molecular weight is 242 g/mol. The molecule has 2 heterocycles. The Kier molecular flexibility index (Phi) is 4.09. The lowest BCUT2D eigenvalue weighted by Crippen LogP contribution is -2.48. The van der Waals surface area contributed by atoms with Crippen LogP contribution < -0.4 is 0 Å². The molecule has 0 aromatic carbocycles. The highest BCUT2D eigenvalue weighted by molar-refractivity contribution is 8.00. The summed E-state index contributed by atoms with van der Waals surface area (Å²) >= 11 is 1.69. The zero-order chi connectivity index (χ0) is 11.4. The van der Waals surface area contributed by atoms with Crippen molar-refractivity contribution in [3.8, 4) is 0 Å². The average Bonchev–Trinajstić information content (AvgIpc) is 2.39. The van der Waals surface area contributed by atoms with Gasteiger partial charge in [0.25, 0.3) is 0 Å². The highest BCUT2D eigenvalue weighted by Gasteiger charge is 2.29. The Morgan fingerprint density at radius 3 is 2.62 bits per heavy atom. The summed E-state index contributed by atoms with van der Waals surface area (Å²) in [6.45, 7) is 3.16. The summed E-state index contributed by atoms with van der Waals surface area (Å²) in [7, 11) is 0. The molecule has 0 aliphatic carbocycles. The van der Waals surface area contributed by atoms with Crippen molar-refractivity contribution < 1.29 is 9.59 Å². The van der Waals surface area contributed by atoms with Crippen LogP contribution in [0.4, 0.5) is 0 Å². The normalized spacial score (nSPS) is 26.6. The molecule has 2 aliphatic heterocycles. The van der Waals surface area contributed by atoms with Crippen molar-refractivity contribution in [2.24, 2.45) is 0 Å². The van der Waals surface area contributed by atoms with Crippen LogP contribution in [0.1, 0.15) is 19.3 Å². The summed E-state index contributed by atoms with van der Waals surface area (Å²) in [5.41, 5.74) is 0. The van der Waals surface area contributed by atoms with Crippen LogP contribution in [0.3, 0.4) is 0 Å². The molecule has 0 aromatic rings. The molecule has 0 spiro atoms. The van der Waals surface area contributed by atoms with Gasteiger partial charge in [-0.2, -0.15) is 0 Å². The Balaban J connectivity index is 1.90. The minimum Gasteiger partial charge on any atom is -0.343 e. The molecular formula is C11H18N2O2S. The molecule has 0 aromatic heterocycles. The third-order valence-corrected chi connectivity index (χ3v) is 4.36. The minimum absolute atomic E-state index is 0.0305. The molecule has 0 saturated carbocycles. The Labute approximate surface area is 100 Å². The third-order valence-electron chi connectivity index (χ3n) is 3.19. The molecule has 1 unspecified atom stereocenters. The number of thioether (sulfide) groups is 1. The molecule has 2 fully saturated rings. The Bertz CT molecular complexity index is 267. The molecule has 90 valence electrons. The molecule has 4 nitrogen and oxygen atoms in total. The SMILES string of the molecule is O=CN1CCSC(C(=O)N2CCCCC2)C1. The second-order valence-electron chi connectivity index (χ2n) is 4.35.